The molecular formula is C24H33N5O2. The van der Waals surface area contributed by atoms with Crippen molar-refractivity contribution >= 4 is 17.5 Å². The van der Waals surface area contributed by atoms with Crippen molar-refractivity contribution in [2.24, 2.45) is 5.41 Å². The first-order valence-electron chi connectivity index (χ1n) is 11.2. The van der Waals surface area contributed by atoms with E-state index in [1.54, 1.807) is 12.4 Å². The molecule has 0 unspecified atom stereocenters. The fourth-order valence-corrected chi connectivity index (χ4v) is 4.38. The molecule has 3 heterocycles. The number of aliphatic hydroxyl groups excluding tert-OH is 1. The maximum absolute atomic E-state index is 12.8. The molecule has 7 heteroatoms. The van der Waals surface area contributed by atoms with Crippen LogP contribution in [0.3, 0.4) is 0 Å². The monoisotopic (exact) mass is 423 g/mol. The van der Waals surface area contributed by atoms with Crippen molar-refractivity contribution in [3.8, 4) is 0 Å². The predicted molar refractivity (Wildman–Crippen MR) is 122 cm³/mol. The van der Waals surface area contributed by atoms with Gasteiger partial charge in [0.15, 0.2) is 0 Å². The first kappa shape index (κ1) is 21.7. The highest BCUT2D eigenvalue weighted by Crippen LogP contribution is 2.33. The molecule has 0 spiro atoms. The lowest BCUT2D eigenvalue weighted by molar-refractivity contribution is -0.125. The summed E-state index contributed by atoms with van der Waals surface area (Å²) in [5.74, 6) is 0.925. The second-order valence-electron chi connectivity index (χ2n) is 9.55. The topological polar surface area (TPSA) is 72.8 Å². The van der Waals surface area contributed by atoms with Gasteiger partial charge in [-0.15, -0.1) is 0 Å². The van der Waals surface area contributed by atoms with Crippen LogP contribution in [0.1, 0.15) is 44.4 Å². The number of aromatic nitrogens is 2. The van der Waals surface area contributed by atoms with Gasteiger partial charge in [0.2, 0.25) is 11.9 Å². The summed E-state index contributed by atoms with van der Waals surface area (Å²) in [6.45, 7) is 10.7. The number of fused-ring (bicyclic) bond motifs is 1. The van der Waals surface area contributed by atoms with Gasteiger partial charge < -0.3 is 14.9 Å². The molecule has 1 fully saturated rings. The molecule has 2 aromatic rings. The summed E-state index contributed by atoms with van der Waals surface area (Å²) in [6, 6.07) is 7.91. The van der Waals surface area contributed by atoms with Gasteiger partial charge >= 0.3 is 0 Å². The van der Waals surface area contributed by atoms with Crippen LogP contribution >= 0.6 is 0 Å². The Kier molecular flexibility index (Phi) is 6.25. The maximum Gasteiger partial charge on any atom is 0.232 e. The average molecular weight is 424 g/mol. The van der Waals surface area contributed by atoms with E-state index in [1.807, 2.05) is 43.9 Å². The molecule has 1 saturated heterocycles. The zero-order chi connectivity index (χ0) is 22.0. The highest BCUT2D eigenvalue weighted by molar-refractivity contribution is 5.98. The number of amides is 1. The number of aliphatic hydroxyl groups is 1. The molecule has 1 aromatic carbocycles. The van der Waals surface area contributed by atoms with Crippen molar-refractivity contribution in [3.05, 3.63) is 47.8 Å². The van der Waals surface area contributed by atoms with Crippen molar-refractivity contribution in [2.75, 3.05) is 49.1 Å². The Hall–Kier alpha value is -2.51. The van der Waals surface area contributed by atoms with Crippen LogP contribution in [0, 0.1) is 5.41 Å². The molecular weight excluding hydrogens is 390 g/mol. The van der Waals surface area contributed by atoms with E-state index in [2.05, 4.69) is 25.8 Å². The smallest absolute Gasteiger partial charge is 0.232 e. The van der Waals surface area contributed by atoms with E-state index >= 15 is 0 Å². The Morgan fingerprint density at radius 1 is 1.10 bits per heavy atom. The molecule has 2 aliphatic heterocycles. The summed E-state index contributed by atoms with van der Waals surface area (Å²) >= 11 is 0. The van der Waals surface area contributed by atoms with E-state index in [9.17, 15) is 9.90 Å². The minimum Gasteiger partial charge on any atom is -0.387 e. The number of carbonyl (C=O) groups excluding carboxylic acids is 1. The van der Waals surface area contributed by atoms with Gasteiger partial charge in [0.25, 0.3) is 0 Å². The van der Waals surface area contributed by atoms with Crippen LogP contribution < -0.4 is 9.80 Å². The first-order chi connectivity index (χ1) is 14.8. The third-order valence-electron chi connectivity index (χ3n) is 6.13. The van der Waals surface area contributed by atoms with Crippen LogP contribution in [0.25, 0.3) is 0 Å². The molecule has 2 aliphatic rings. The second-order valence-corrected chi connectivity index (χ2v) is 9.55. The number of benzene rings is 1. The van der Waals surface area contributed by atoms with Crippen LogP contribution in [0.15, 0.2) is 36.7 Å². The minimum absolute atomic E-state index is 0.155. The molecule has 0 saturated carbocycles. The molecule has 4 rings (SSSR count). The van der Waals surface area contributed by atoms with Gasteiger partial charge in [-0.1, -0.05) is 32.9 Å². The quantitative estimate of drug-likeness (QED) is 0.815. The summed E-state index contributed by atoms with van der Waals surface area (Å²) in [6.07, 6.45) is 4.89. The average Bonchev–Trinajstić information content (AvgIpc) is 2.78. The van der Waals surface area contributed by atoms with E-state index in [-0.39, 0.29) is 5.91 Å². The third kappa shape index (κ3) is 4.88. The molecule has 1 amide bonds. The van der Waals surface area contributed by atoms with Gasteiger partial charge in [0, 0.05) is 62.8 Å². The molecule has 31 heavy (non-hydrogen) atoms. The highest BCUT2D eigenvalue weighted by Gasteiger charge is 2.31. The zero-order valence-electron chi connectivity index (χ0n) is 18.8. The molecule has 1 aromatic heterocycles. The van der Waals surface area contributed by atoms with Gasteiger partial charge in [-0.3, -0.25) is 9.69 Å². The number of hydrogen-bond donors (Lipinski definition) is 1. The number of carbonyl (C=O) groups is 1. The van der Waals surface area contributed by atoms with Crippen molar-refractivity contribution < 1.29 is 9.90 Å². The van der Waals surface area contributed by atoms with Crippen molar-refractivity contribution in [2.45, 2.75) is 39.7 Å². The summed E-state index contributed by atoms with van der Waals surface area (Å²) in [7, 11) is 0. The van der Waals surface area contributed by atoms with Crippen LogP contribution in [0.4, 0.5) is 11.6 Å². The number of β-amino-alcohol motifs (C(OH)–C–C–N with tert-alkyl or cyclic N) is 1. The number of rotatable bonds is 4. The maximum atomic E-state index is 12.8. The van der Waals surface area contributed by atoms with Crippen molar-refractivity contribution in [3.63, 3.8) is 0 Å². The summed E-state index contributed by atoms with van der Waals surface area (Å²) < 4.78 is 0. The van der Waals surface area contributed by atoms with Crippen LogP contribution in [0.2, 0.25) is 0 Å². The fourth-order valence-electron chi connectivity index (χ4n) is 4.38. The lowest BCUT2D eigenvalue weighted by atomic mass is 9.91. The number of hydrogen-bond acceptors (Lipinski definition) is 6. The van der Waals surface area contributed by atoms with Crippen LogP contribution in [-0.4, -0.2) is 65.2 Å². The molecule has 1 N–H and O–H groups in total. The van der Waals surface area contributed by atoms with Crippen molar-refractivity contribution in [1.82, 2.24) is 14.9 Å². The van der Waals surface area contributed by atoms with Gasteiger partial charge in [-0.2, -0.15) is 0 Å². The Labute approximate surface area is 184 Å². The van der Waals surface area contributed by atoms with Gasteiger partial charge in [0.05, 0.1) is 6.10 Å². The summed E-state index contributed by atoms with van der Waals surface area (Å²) in [5, 5.41) is 10.9. The Morgan fingerprint density at radius 2 is 1.81 bits per heavy atom. The minimum atomic E-state index is -0.543. The van der Waals surface area contributed by atoms with E-state index in [0.29, 0.717) is 6.54 Å². The fraction of sp³-hybridized carbons (Fsp3) is 0.542. The number of piperazine rings is 1. The molecule has 0 bridgehead atoms. The van der Waals surface area contributed by atoms with E-state index < -0.39 is 11.5 Å². The number of aryl methyl sites for hydroxylation is 1. The Morgan fingerprint density at radius 3 is 2.48 bits per heavy atom. The molecule has 166 valence electrons. The van der Waals surface area contributed by atoms with E-state index in [4.69, 9.17) is 0 Å². The third-order valence-corrected chi connectivity index (χ3v) is 6.13. The lowest BCUT2D eigenvalue weighted by Crippen LogP contribution is -2.48. The lowest BCUT2D eigenvalue weighted by Gasteiger charge is -2.36. The van der Waals surface area contributed by atoms with Crippen LogP contribution in [-0.2, 0) is 11.2 Å². The molecule has 1 atom stereocenters. The predicted octanol–water partition coefficient (Wildman–Crippen LogP) is 2.66. The largest absolute Gasteiger partial charge is 0.387 e. The molecule has 0 aliphatic carbocycles. The Bertz CT molecular complexity index is 904. The number of anilines is 2. The van der Waals surface area contributed by atoms with Gasteiger partial charge in [-0.25, -0.2) is 9.97 Å². The van der Waals surface area contributed by atoms with E-state index in [0.717, 1.165) is 68.3 Å². The second kappa shape index (κ2) is 8.93. The van der Waals surface area contributed by atoms with Gasteiger partial charge in [0.1, 0.15) is 0 Å². The van der Waals surface area contributed by atoms with E-state index in [1.165, 1.54) is 0 Å². The number of nitrogens with zero attached hydrogens (tertiary/aromatic N) is 5. The normalized spacial score (nSPS) is 18.6. The Balaban J connectivity index is 1.39. The SMILES string of the molecule is CC(C)(C)C(=O)N1CCCc2cc([C@H](O)CN3CCN(c4ncccn4)CC3)ccc21. The molecule has 7 nitrogen and oxygen atoms in total. The highest BCUT2D eigenvalue weighted by atomic mass is 16.3. The standard InChI is InChI=1S/C24H33N5O2/c1-24(2,3)22(31)29-11-4-6-18-16-19(7-8-20(18)29)21(30)17-27-12-14-28(15-13-27)23-25-9-5-10-26-23/h5,7-10,16,21,30H,4,6,11-15,17H2,1-3H3/t21-/m1/s1. The summed E-state index contributed by atoms with van der Waals surface area (Å²) in [4.78, 5) is 27.9. The zero-order valence-corrected chi connectivity index (χ0v) is 18.8. The first-order valence-corrected chi connectivity index (χ1v) is 11.2. The summed E-state index contributed by atoms with van der Waals surface area (Å²) in [5.41, 5.74) is 2.68. The van der Waals surface area contributed by atoms with Gasteiger partial charge in [-0.05, 0) is 36.1 Å². The molecule has 0 radical (unpaired) electrons. The van der Waals surface area contributed by atoms with Crippen LogP contribution in [0.5, 0.6) is 0 Å². The van der Waals surface area contributed by atoms with Crippen molar-refractivity contribution in [1.29, 1.82) is 0 Å².